The van der Waals surface area contributed by atoms with Gasteiger partial charge in [-0.1, -0.05) is 42.5 Å². The van der Waals surface area contributed by atoms with Gasteiger partial charge in [-0.05, 0) is 38.1 Å². The summed E-state index contributed by atoms with van der Waals surface area (Å²) in [7, 11) is -3.83. The van der Waals surface area contributed by atoms with Crippen molar-refractivity contribution in [1.82, 2.24) is 4.31 Å². The number of hydrogen-bond acceptors (Lipinski definition) is 3. The van der Waals surface area contributed by atoms with Crippen LogP contribution >= 0.6 is 0 Å². The summed E-state index contributed by atoms with van der Waals surface area (Å²) in [4.78, 5) is 14.5. The Morgan fingerprint density at radius 1 is 1.04 bits per heavy atom. The Morgan fingerprint density at radius 3 is 2.24 bits per heavy atom. The van der Waals surface area contributed by atoms with Gasteiger partial charge in [0, 0.05) is 11.4 Å². The summed E-state index contributed by atoms with van der Waals surface area (Å²) in [5.41, 5.74) is 2.07. The molecule has 25 heavy (non-hydrogen) atoms. The van der Waals surface area contributed by atoms with Crippen LogP contribution in [0.15, 0.2) is 71.8 Å². The lowest BCUT2D eigenvalue weighted by molar-refractivity contribution is -0.122. The Bertz CT molecular complexity index is 905. The van der Waals surface area contributed by atoms with Crippen molar-refractivity contribution in [1.29, 1.82) is 0 Å². The molecule has 1 amide bonds. The lowest BCUT2D eigenvalue weighted by atomic mass is 10.1. The number of nitrogens with zero attached hydrogens (tertiary/aromatic N) is 2. The van der Waals surface area contributed by atoms with Crippen LogP contribution in [0.4, 0.5) is 5.69 Å². The first-order valence-corrected chi connectivity index (χ1v) is 9.41. The third-order valence-corrected chi connectivity index (χ3v) is 6.23. The van der Waals surface area contributed by atoms with Crippen LogP contribution < -0.4 is 4.90 Å². The van der Waals surface area contributed by atoms with Crippen molar-refractivity contribution in [2.75, 3.05) is 11.4 Å². The molecule has 0 N–H and O–H groups in total. The van der Waals surface area contributed by atoms with Crippen molar-refractivity contribution in [2.45, 2.75) is 24.8 Å². The summed E-state index contributed by atoms with van der Waals surface area (Å²) in [6, 6.07) is 14.9. The zero-order valence-electron chi connectivity index (χ0n) is 14.2. The first-order chi connectivity index (χ1) is 11.8. The van der Waals surface area contributed by atoms with E-state index in [0.717, 1.165) is 15.6 Å². The number of para-hydroxylation sites is 1. The van der Waals surface area contributed by atoms with E-state index in [-0.39, 0.29) is 17.3 Å². The van der Waals surface area contributed by atoms with Crippen LogP contribution in [0.1, 0.15) is 12.5 Å². The molecule has 1 fully saturated rings. The van der Waals surface area contributed by atoms with Crippen molar-refractivity contribution >= 4 is 21.6 Å². The van der Waals surface area contributed by atoms with Gasteiger partial charge >= 0.3 is 0 Å². The second-order valence-corrected chi connectivity index (χ2v) is 7.93. The van der Waals surface area contributed by atoms with Gasteiger partial charge in [0.05, 0.1) is 11.4 Å². The minimum atomic E-state index is -3.83. The van der Waals surface area contributed by atoms with Gasteiger partial charge in [-0.15, -0.1) is 0 Å². The Hall–Kier alpha value is -2.60. The van der Waals surface area contributed by atoms with Gasteiger partial charge in [0.15, 0.2) is 0 Å². The minimum absolute atomic E-state index is 0.137. The minimum Gasteiger partial charge on any atom is -0.305 e. The molecule has 0 aromatic heterocycles. The van der Waals surface area contributed by atoms with E-state index < -0.39 is 16.1 Å². The molecule has 2 aromatic carbocycles. The highest BCUT2D eigenvalue weighted by Gasteiger charge is 2.41. The SMILES string of the molecule is C=C1CN(c2ccccc2)C(=O)C(C)N1S(=O)(=O)c1ccc(C)cc1. The molecule has 1 unspecified atom stereocenters. The summed E-state index contributed by atoms with van der Waals surface area (Å²) in [6.07, 6.45) is 0. The number of carbonyl (C=O) groups is 1. The Labute approximate surface area is 148 Å². The van der Waals surface area contributed by atoms with Crippen molar-refractivity contribution in [3.05, 3.63) is 72.4 Å². The molecule has 2 aromatic rings. The highest BCUT2D eigenvalue weighted by molar-refractivity contribution is 7.89. The van der Waals surface area contributed by atoms with Gasteiger partial charge in [0.25, 0.3) is 15.9 Å². The summed E-state index contributed by atoms with van der Waals surface area (Å²) in [5.74, 6) is -0.269. The number of sulfonamides is 1. The highest BCUT2D eigenvalue weighted by Crippen LogP contribution is 2.30. The van der Waals surface area contributed by atoms with Crippen molar-refractivity contribution < 1.29 is 13.2 Å². The molecule has 0 spiro atoms. The van der Waals surface area contributed by atoms with E-state index >= 15 is 0 Å². The molecule has 1 aliphatic rings. The molecule has 6 heteroatoms. The topological polar surface area (TPSA) is 57.7 Å². The number of carbonyl (C=O) groups excluding carboxylic acids is 1. The van der Waals surface area contributed by atoms with Gasteiger partial charge in [-0.3, -0.25) is 9.10 Å². The molecule has 0 saturated carbocycles. The van der Waals surface area contributed by atoms with Gasteiger partial charge in [0.2, 0.25) is 0 Å². The summed E-state index contributed by atoms with van der Waals surface area (Å²) >= 11 is 0. The van der Waals surface area contributed by atoms with E-state index in [1.54, 1.807) is 36.1 Å². The van der Waals surface area contributed by atoms with E-state index in [1.807, 2.05) is 37.3 Å². The molecule has 5 nitrogen and oxygen atoms in total. The normalized spacial score (nSPS) is 18.6. The van der Waals surface area contributed by atoms with Crippen molar-refractivity contribution in [3.63, 3.8) is 0 Å². The molecule has 130 valence electrons. The number of hydrogen-bond donors (Lipinski definition) is 0. The van der Waals surface area contributed by atoms with Crippen molar-refractivity contribution in [3.8, 4) is 0 Å². The van der Waals surface area contributed by atoms with Crippen LogP contribution in [0.3, 0.4) is 0 Å². The van der Waals surface area contributed by atoms with Gasteiger partial charge < -0.3 is 4.90 Å². The van der Waals surface area contributed by atoms with E-state index in [0.29, 0.717) is 5.70 Å². The quantitative estimate of drug-likeness (QED) is 0.850. The second kappa shape index (κ2) is 6.37. The number of anilines is 1. The van der Waals surface area contributed by atoms with Crippen LogP contribution in [0.2, 0.25) is 0 Å². The number of rotatable bonds is 3. The molecular weight excluding hydrogens is 336 g/mol. The van der Waals surface area contributed by atoms with Crippen LogP contribution in [0.25, 0.3) is 0 Å². The number of piperazine rings is 1. The third-order valence-electron chi connectivity index (χ3n) is 4.27. The maximum atomic E-state index is 13.0. The standard InChI is InChI=1S/C19H20N2O3S/c1-14-9-11-18(12-10-14)25(23,24)21-15(2)13-20(19(22)16(21)3)17-7-5-4-6-8-17/h4-12,16H,2,13H2,1,3H3. The van der Waals surface area contributed by atoms with E-state index in [9.17, 15) is 13.2 Å². The largest absolute Gasteiger partial charge is 0.305 e. The molecule has 0 bridgehead atoms. The first-order valence-electron chi connectivity index (χ1n) is 7.97. The fraction of sp³-hybridized carbons (Fsp3) is 0.211. The fourth-order valence-corrected chi connectivity index (χ4v) is 4.57. The second-order valence-electron chi connectivity index (χ2n) is 6.12. The van der Waals surface area contributed by atoms with Crippen LogP contribution in [-0.4, -0.2) is 31.2 Å². The average Bonchev–Trinajstić information content (AvgIpc) is 2.59. The molecular formula is C19H20N2O3S. The molecule has 1 atom stereocenters. The molecule has 1 aliphatic heterocycles. The molecule has 3 rings (SSSR count). The molecule has 0 aliphatic carbocycles. The van der Waals surface area contributed by atoms with E-state index in [1.165, 1.54) is 0 Å². The van der Waals surface area contributed by atoms with E-state index in [4.69, 9.17) is 0 Å². The zero-order chi connectivity index (χ0) is 18.2. The molecule has 1 heterocycles. The average molecular weight is 356 g/mol. The van der Waals surface area contributed by atoms with E-state index in [2.05, 4.69) is 6.58 Å². The maximum absolute atomic E-state index is 13.0. The van der Waals surface area contributed by atoms with Gasteiger partial charge in [-0.25, -0.2) is 8.42 Å². The fourth-order valence-electron chi connectivity index (χ4n) is 2.96. The summed E-state index contributed by atoms with van der Waals surface area (Å²) < 4.78 is 27.1. The Kier molecular flexibility index (Phi) is 4.39. The summed E-state index contributed by atoms with van der Waals surface area (Å²) in [5, 5.41) is 0. The zero-order valence-corrected chi connectivity index (χ0v) is 15.0. The van der Waals surface area contributed by atoms with Crippen LogP contribution in [-0.2, 0) is 14.8 Å². The monoisotopic (exact) mass is 356 g/mol. The first kappa shape index (κ1) is 17.2. The smallest absolute Gasteiger partial charge is 0.264 e. The van der Waals surface area contributed by atoms with Gasteiger partial charge in [-0.2, -0.15) is 0 Å². The predicted octanol–water partition coefficient (Wildman–Crippen LogP) is 2.93. The third kappa shape index (κ3) is 3.05. The van der Waals surface area contributed by atoms with Crippen molar-refractivity contribution in [2.24, 2.45) is 0 Å². The Morgan fingerprint density at radius 2 is 1.64 bits per heavy atom. The number of amides is 1. The van der Waals surface area contributed by atoms with Crippen LogP contribution in [0, 0.1) is 6.92 Å². The number of aryl methyl sites for hydroxylation is 1. The summed E-state index contributed by atoms with van der Waals surface area (Å²) in [6.45, 7) is 7.54. The molecule has 0 radical (unpaired) electrons. The van der Waals surface area contributed by atoms with Gasteiger partial charge in [0.1, 0.15) is 6.04 Å². The number of benzene rings is 2. The lowest BCUT2D eigenvalue weighted by Crippen LogP contribution is -2.56. The maximum Gasteiger partial charge on any atom is 0.264 e. The lowest BCUT2D eigenvalue weighted by Gasteiger charge is -2.40. The highest BCUT2D eigenvalue weighted by atomic mass is 32.2. The predicted molar refractivity (Wildman–Crippen MR) is 97.6 cm³/mol. The van der Waals surface area contributed by atoms with Crippen LogP contribution in [0.5, 0.6) is 0 Å². The Balaban J connectivity index is 1.96. The molecule has 1 saturated heterocycles.